The smallest absolute Gasteiger partial charge is 0.256 e. The van der Waals surface area contributed by atoms with Crippen LogP contribution >= 0.6 is 11.8 Å². The molecule has 0 radical (unpaired) electrons. The first-order valence-electron chi connectivity index (χ1n) is 5.37. The molecule has 90 valence electrons. The fraction of sp³-hybridized carbons (Fsp3) is 0.400. The van der Waals surface area contributed by atoms with Crippen LogP contribution in [0.4, 0.5) is 5.95 Å². The van der Waals surface area contributed by atoms with Gasteiger partial charge in [0.05, 0.1) is 0 Å². The van der Waals surface area contributed by atoms with E-state index >= 15 is 0 Å². The first kappa shape index (κ1) is 11.8. The molecule has 0 amide bonds. The first-order valence-corrected chi connectivity index (χ1v) is 6.25. The van der Waals surface area contributed by atoms with Crippen molar-refractivity contribution >= 4 is 17.7 Å². The van der Waals surface area contributed by atoms with Gasteiger partial charge in [0, 0.05) is 17.6 Å². The zero-order valence-electron chi connectivity index (χ0n) is 9.74. The van der Waals surface area contributed by atoms with Crippen LogP contribution < -0.4 is 5.73 Å². The third-order valence-electron chi connectivity index (χ3n) is 2.21. The molecule has 7 heteroatoms. The Hall–Kier alpha value is -1.63. The molecule has 0 aliphatic heterocycles. The molecule has 0 bridgehead atoms. The van der Waals surface area contributed by atoms with E-state index in [1.165, 1.54) is 0 Å². The van der Waals surface area contributed by atoms with Crippen molar-refractivity contribution < 1.29 is 0 Å². The van der Waals surface area contributed by atoms with E-state index in [1.807, 2.05) is 6.07 Å². The topological polar surface area (TPSA) is 82.5 Å². The van der Waals surface area contributed by atoms with Crippen molar-refractivity contribution in [3.05, 3.63) is 18.5 Å². The summed E-state index contributed by atoms with van der Waals surface area (Å²) in [5.74, 6) is 0.671. The minimum Gasteiger partial charge on any atom is -0.368 e. The van der Waals surface area contributed by atoms with Crippen LogP contribution in [0.5, 0.6) is 0 Å². The molecule has 0 spiro atoms. The van der Waals surface area contributed by atoms with Crippen molar-refractivity contribution in [1.82, 2.24) is 24.7 Å². The van der Waals surface area contributed by atoms with Crippen molar-refractivity contribution in [2.24, 2.45) is 0 Å². The molecule has 1 atom stereocenters. The highest BCUT2D eigenvalue weighted by atomic mass is 32.2. The van der Waals surface area contributed by atoms with Gasteiger partial charge in [-0.25, -0.2) is 4.68 Å². The minimum atomic E-state index is 0.219. The Morgan fingerprint density at radius 1 is 1.41 bits per heavy atom. The quantitative estimate of drug-likeness (QED) is 0.829. The van der Waals surface area contributed by atoms with Gasteiger partial charge in [0.1, 0.15) is 0 Å². The average molecular weight is 250 g/mol. The number of rotatable bonds is 4. The number of nitrogens with two attached hydrogens (primary N) is 1. The second kappa shape index (κ2) is 5.13. The minimum absolute atomic E-state index is 0.219. The molecule has 2 aromatic heterocycles. The van der Waals surface area contributed by atoms with E-state index in [0.717, 1.165) is 6.42 Å². The molecule has 2 aromatic rings. The van der Waals surface area contributed by atoms with Crippen molar-refractivity contribution in [2.75, 3.05) is 5.73 Å². The lowest BCUT2D eigenvalue weighted by atomic mass is 10.4. The molecule has 0 saturated heterocycles. The highest BCUT2D eigenvalue weighted by Gasteiger charge is 2.09. The second-order valence-electron chi connectivity index (χ2n) is 3.56. The maximum absolute atomic E-state index is 5.67. The number of hydrogen-bond donors (Lipinski definition) is 1. The molecule has 17 heavy (non-hydrogen) atoms. The number of aromatic nitrogens is 5. The normalized spacial score (nSPS) is 12.6. The summed E-state index contributed by atoms with van der Waals surface area (Å²) in [5, 5.41) is 5.15. The van der Waals surface area contributed by atoms with Crippen LogP contribution in [0.2, 0.25) is 0 Å². The maximum atomic E-state index is 5.67. The summed E-state index contributed by atoms with van der Waals surface area (Å²) in [6.07, 6.45) is 4.49. The highest BCUT2D eigenvalue weighted by Crippen LogP contribution is 2.22. The van der Waals surface area contributed by atoms with Crippen molar-refractivity contribution in [3.8, 4) is 5.95 Å². The van der Waals surface area contributed by atoms with Crippen molar-refractivity contribution in [3.63, 3.8) is 0 Å². The SMILES string of the molecule is CCC(C)Sc1nc(N)nc(-n2cccn2)n1. The molecular formula is C10H14N6S. The average Bonchev–Trinajstić information content (AvgIpc) is 2.81. The van der Waals surface area contributed by atoms with E-state index in [-0.39, 0.29) is 5.95 Å². The van der Waals surface area contributed by atoms with E-state index in [0.29, 0.717) is 16.4 Å². The molecule has 0 saturated carbocycles. The summed E-state index contributed by atoms with van der Waals surface area (Å²) >= 11 is 1.59. The second-order valence-corrected chi connectivity index (χ2v) is 4.97. The number of nitrogen functional groups attached to an aromatic ring is 1. The zero-order chi connectivity index (χ0) is 12.3. The standard InChI is InChI=1S/C10H14N6S/c1-3-7(2)17-10-14-8(11)13-9(15-10)16-6-4-5-12-16/h4-7H,3H2,1-2H3,(H2,11,13,14,15). The summed E-state index contributed by atoms with van der Waals surface area (Å²) in [6.45, 7) is 4.24. The lowest BCUT2D eigenvalue weighted by molar-refractivity contribution is 0.761. The summed E-state index contributed by atoms with van der Waals surface area (Å²) in [4.78, 5) is 12.5. The first-order chi connectivity index (χ1) is 8.19. The summed E-state index contributed by atoms with van der Waals surface area (Å²) in [7, 11) is 0. The van der Waals surface area contributed by atoms with Crippen LogP contribution in [0.25, 0.3) is 5.95 Å². The molecule has 2 N–H and O–H groups in total. The van der Waals surface area contributed by atoms with Gasteiger partial charge in [-0.15, -0.1) is 0 Å². The Balaban J connectivity index is 2.30. The van der Waals surface area contributed by atoms with Crippen molar-refractivity contribution in [2.45, 2.75) is 30.7 Å². The van der Waals surface area contributed by atoms with Crippen LogP contribution in [0.15, 0.2) is 23.6 Å². The Kier molecular flexibility index (Phi) is 3.58. The van der Waals surface area contributed by atoms with Gasteiger partial charge in [0.15, 0.2) is 5.16 Å². The molecule has 0 fully saturated rings. The van der Waals surface area contributed by atoms with E-state index in [1.54, 1.807) is 28.8 Å². The largest absolute Gasteiger partial charge is 0.368 e. The summed E-state index contributed by atoms with van der Waals surface area (Å²) in [5.41, 5.74) is 5.67. The fourth-order valence-electron chi connectivity index (χ4n) is 1.17. The number of hydrogen-bond acceptors (Lipinski definition) is 6. The van der Waals surface area contributed by atoms with Crippen LogP contribution in [-0.4, -0.2) is 30.0 Å². The number of nitrogens with zero attached hydrogens (tertiary/aromatic N) is 5. The third-order valence-corrected chi connectivity index (χ3v) is 3.34. The monoisotopic (exact) mass is 250 g/mol. The highest BCUT2D eigenvalue weighted by molar-refractivity contribution is 7.99. The van der Waals surface area contributed by atoms with Crippen LogP contribution in [0.1, 0.15) is 20.3 Å². The van der Waals surface area contributed by atoms with Gasteiger partial charge in [0.25, 0.3) is 5.95 Å². The third kappa shape index (κ3) is 2.94. The lowest BCUT2D eigenvalue weighted by Crippen LogP contribution is -2.08. The Morgan fingerprint density at radius 3 is 2.88 bits per heavy atom. The summed E-state index contributed by atoms with van der Waals surface area (Å²) in [6, 6.07) is 1.81. The van der Waals surface area contributed by atoms with Gasteiger partial charge in [-0.1, -0.05) is 25.6 Å². The zero-order valence-corrected chi connectivity index (χ0v) is 10.6. The van der Waals surface area contributed by atoms with Gasteiger partial charge < -0.3 is 5.73 Å². The molecule has 2 rings (SSSR count). The van der Waals surface area contributed by atoms with Gasteiger partial charge in [0.2, 0.25) is 5.95 Å². The van der Waals surface area contributed by atoms with Crippen LogP contribution in [-0.2, 0) is 0 Å². The molecule has 6 nitrogen and oxygen atoms in total. The van der Waals surface area contributed by atoms with Crippen LogP contribution in [0.3, 0.4) is 0 Å². The lowest BCUT2D eigenvalue weighted by Gasteiger charge is -2.07. The van der Waals surface area contributed by atoms with E-state index in [2.05, 4.69) is 33.9 Å². The maximum Gasteiger partial charge on any atom is 0.256 e. The van der Waals surface area contributed by atoms with Gasteiger partial charge in [-0.2, -0.15) is 20.1 Å². The van der Waals surface area contributed by atoms with Crippen LogP contribution in [0, 0.1) is 0 Å². The predicted octanol–water partition coefficient (Wildman–Crippen LogP) is 1.53. The Morgan fingerprint density at radius 2 is 2.24 bits per heavy atom. The van der Waals surface area contributed by atoms with E-state index in [4.69, 9.17) is 5.73 Å². The number of thioether (sulfide) groups is 1. The van der Waals surface area contributed by atoms with Gasteiger partial charge >= 0.3 is 0 Å². The summed E-state index contributed by atoms with van der Waals surface area (Å²) < 4.78 is 1.57. The number of anilines is 1. The predicted molar refractivity (Wildman–Crippen MR) is 67.0 cm³/mol. The van der Waals surface area contributed by atoms with Crippen molar-refractivity contribution in [1.29, 1.82) is 0 Å². The van der Waals surface area contributed by atoms with Gasteiger partial charge in [-0.3, -0.25) is 0 Å². The molecule has 1 unspecified atom stereocenters. The molecular weight excluding hydrogens is 236 g/mol. The molecule has 0 aromatic carbocycles. The van der Waals surface area contributed by atoms with E-state index < -0.39 is 0 Å². The molecule has 0 aliphatic rings. The van der Waals surface area contributed by atoms with Gasteiger partial charge in [-0.05, 0) is 12.5 Å². The Bertz CT molecular complexity index is 484. The molecule has 0 aliphatic carbocycles. The molecule has 2 heterocycles. The fourth-order valence-corrected chi connectivity index (χ4v) is 1.97. The Labute approximate surface area is 104 Å². The van der Waals surface area contributed by atoms with E-state index in [9.17, 15) is 0 Å².